The van der Waals surface area contributed by atoms with Crippen LogP contribution < -0.4 is 10.1 Å². The first-order valence-corrected chi connectivity index (χ1v) is 6.11. The monoisotopic (exact) mass is 255 g/mol. The quantitative estimate of drug-likeness (QED) is 0.849. The molecule has 1 aromatic carbocycles. The van der Waals surface area contributed by atoms with E-state index in [-0.39, 0.29) is 12.5 Å². The Labute approximate surface area is 107 Å². The van der Waals surface area contributed by atoms with E-state index in [4.69, 9.17) is 16.3 Å². The molecule has 94 valence electrons. The smallest absolute Gasteiger partial charge is 0.257 e. The third-order valence-electron chi connectivity index (χ3n) is 2.23. The Kier molecular flexibility index (Phi) is 5.84. The molecule has 3 nitrogen and oxygen atoms in total. The van der Waals surface area contributed by atoms with Gasteiger partial charge in [0.05, 0.1) is 0 Å². The van der Waals surface area contributed by atoms with Crippen LogP contribution in [0.4, 0.5) is 0 Å². The maximum absolute atomic E-state index is 11.4. The molecular weight excluding hydrogens is 238 g/mol. The molecule has 1 N–H and O–H groups in total. The van der Waals surface area contributed by atoms with Gasteiger partial charge in [-0.1, -0.05) is 25.4 Å². The van der Waals surface area contributed by atoms with Gasteiger partial charge >= 0.3 is 0 Å². The van der Waals surface area contributed by atoms with Gasteiger partial charge in [-0.25, -0.2) is 0 Å². The number of nitrogens with one attached hydrogen (secondary N) is 1. The van der Waals surface area contributed by atoms with Gasteiger partial charge in [-0.3, -0.25) is 4.79 Å². The number of halogens is 1. The van der Waals surface area contributed by atoms with Crippen molar-refractivity contribution < 1.29 is 9.53 Å². The summed E-state index contributed by atoms with van der Waals surface area (Å²) in [6.07, 6.45) is 0.979. The molecule has 1 aromatic rings. The SMILES string of the molecule is CC(C)CCNC(=O)COc1ccc(Cl)cc1. The molecule has 4 heteroatoms. The lowest BCUT2D eigenvalue weighted by molar-refractivity contribution is -0.123. The average Bonchev–Trinajstić information content (AvgIpc) is 2.28. The Morgan fingerprint density at radius 3 is 2.59 bits per heavy atom. The summed E-state index contributed by atoms with van der Waals surface area (Å²) in [7, 11) is 0. The van der Waals surface area contributed by atoms with Crippen LogP contribution in [0.1, 0.15) is 20.3 Å². The van der Waals surface area contributed by atoms with E-state index in [1.165, 1.54) is 0 Å². The predicted molar refractivity (Wildman–Crippen MR) is 69.4 cm³/mol. The van der Waals surface area contributed by atoms with Crippen molar-refractivity contribution in [1.82, 2.24) is 5.32 Å². The molecule has 17 heavy (non-hydrogen) atoms. The molecular formula is C13H18ClNO2. The second-order valence-corrected chi connectivity index (χ2v) is 4.71. The molecule has 0 saturated carbocycles. The van der Waals surface area contributed by atoms with Crippen LogP contribution in [0.15, 0.2) is 24.3 Å². The summed E-state index contributed by atoms with van der Waals surface area (Å²) in [5.41, 5.74) is 0. The zero-order valence-corrected chi connectivity index (χ0v) is 11.0. The molecule has 0 heterocycles. The van der Waals surface area contributed by atoms with Crippen molar-refractivity contribution in [2.24, 2.45) is 5.92 Å². The normalized spacial score (nSPS) is 10.4. The molecule has 0 saturated heterocycles. The Balaban J connectivity index is 2.21. The maximum atomic E-state index is 11.4. The Bertz CT molecular complexity index is 349. The molecule has 0 aromatic heterocycles. The molecule has 0 aliphatic heterocycles. The van der Waals surface area contributed by atoms with E-state index in [0.29, 0.717) is 23.2 Å². The Morgan fingerprint density at radius 1 is 1.35 bits per heavy atom. The van der Waals surface area contributed by atoms with Crippen molar-refractivity contribution in [2.45, 2.75) is 20.3 Å². The minimum absolute atomic E-state index is 0.0414. The largest absolute Gasteiger partial charge is 0.484 e. The summed E-state index contributed by atoms with van der Waals surface area (Å²) in [6, 6.07) is 6.94. The van der Waals surface area contributed by atoms with Gasteiger partial charge in [0, 0.05) is 11.6 Å². The fourth-order valence-corrected chi connectivity index (χ4v) is 1.36. The highest BCUT2D eigenvalue weighted by Crippen LogP contribution is 2.15. The first-order chi connectivity index (χ1) is 8.08. The Hall–Kier alpha value is -1.22. The number of hydrogen-bond donors (Lipinski definition) is 1. The van der Waals surface area contributed by atoms with Crippen molar-refractivity contribution >= 4 is 17.5 Å². The van der Waals surface area contributed by atoms with E-state index in [1.807, 2.05) is 0 Å². The third kappa shape index (κ3) is 6.17. The average molecular weight is 256 g/mol. The summed E-state index contributed by atoms with van der Waals surface area (Å²) >= 11 is 5.74. The van der Waals surface area contributed by atoms with E-state index in [2.05, 4.69) is 19.2 Å². The van der Waals surface area contributed by atoms with Crippen LogP contribution >= 0.6 is 11.6 Å². The van der Waals surface area contributed by atoms with Crippen molar-refractivity contribution in [1.29, 1.82) is 0 Å². The predicted octanol–water partition coefficient (Wildman–Crippen LogP) is 2.88. The van der Waals surface area contributed by atoms with Crippen LogP contribution in [0, 0.1) is 5.92 Å². The fourth-order valence-electron chi connectivity index (χ4n) is 1.23. The number of rotatable bonds is 6. The molecule has 0 radical (unpaired) electrons. The zero-order chi connectivity index (χ0) is 12.7. The van der Waals surface area contributed by atoms with E-state index in [1.54, 1.807) is 24.3 Å². The zero-order valence-electron chi connectivity index (χ0n) is 10.2. The second-order valence-electron chi connectivity index (χ2n) is 4.28. The molecule has 0 atom stereocenters. The summed E-state index contributed by atoms with van der Waals surface area (Å²) in [4.78, 5) is 11.4. The molecule has 1 rings (SSSR count). The van der Waals surface area contributed by atoms with Crippen molar-refractivity contribution in [3.8, 4) is 5.75 Å². The van der Waals surface area contributed by atoms with Crippen LogP contribution in [0.5, 0.6) is 5.75 Å². The van der Waals surface area contributed by atoms with Crippen molar-refractivity contribution in [3.05, 3.63) is 29.3 Å². The number of ether oxygens (including phenoxy) is 1. The number of benzene rings is 1. The van der Waals surface area contributed by atoms with Crippen LogP contribution in [0.2, 0.25) is 5.02 Å². The molecule has 0 aliphatic rings. The van der Waals surface area contributed by atoms with Gasteiger partial charge < -0.3 is 10.1 Å². The van der Waals surface area contributed by atoms with Gasteiger partial charge in [-0.2, -0.15) is 0 Å². The van der Waals surface area contributed by atoms with Gasteiger partial charge in [-0.05, 0) is 36.6 Å². The van der Waals surface area contributed by atoms with Gasteiger partial charge in [0.2, 0.25) is 0 Å². The standard InChI is InChI=1S/C13H18ClNO2/c1-10(2)7-8-15-13(16)9-17-12-5-3-11(14)4-6-12/h3-6,10H,7-9H2,1-2H3,(H,15,16). The number of carbonyl (C=O) groups is 1. The van der Waals surface area contributed by atoms with Crippen LogP contribution in [0.25, 0.3) is 0 Å². The highest BCUT2D eigenvalue weighted by atomic mass is 35.5. The first kappa shape index (κ1) is 13.8. The minimum Gasteiger partial charge on any atom is -0.484 e. The molecule has 0 spiro atoms. The lowest BCUT2D eigenvalue weighted by atomic mass is 10.1. The summed E-state index contributed by atoms with van der Waals surface area (Å²) < 4.78 is 5.31. The molecule has 0 aliphatic carbocycles. The maximum Gasteiger partial charge on any atom is 0.257 e. The molecule has 1 amide bonds. The van der Waals surface area contributed by atoms with Gasteiger partial charge in [-0.15, -0.1) is 0 Å². The van der Waals surface area contributed by atoms with E-state index in [0.717, 1.165) is 6.42 Å². The summed E-state index contributed by atoms with van der Waals surface area (Å²) in [5.74, 6) is 1.14. The van der Waals surface area contributed by atoms with Crippen molar-refractivity contribution in [3.63, 3.8) is 0 Å². The lowest BCUT2D eigenvalue weighted by Gasteiger charge is -2.08. The first-order valence-electron chi connectivity index (χ1n) is 5.73. The number of amides is 1. The highest BCUT2D eigenvalue weighted by Gasteiger charge is 2.02. The van der Waals surface area contributed by atoms with Crippen molar-refractivity contribution in [2.75, 3.05) is 13.2 Å². The summed E-state index contributed by atoms with van der Waals surface area (Å²) in [6.45, 7) is 4.98. The van der Waals surface area contributed by atoms with Crippen LogP contribution in [-0.2, 0) is 4.79 Å². The lowest BCUT2D eigenvalue weighted by Crippen LogP contribution is -2.30. The van der Waals surface area contributed by atoms with Gasteiger partial charge in [0.15, 0.2) is 6.61 Å². The van der Waals surface area contributed by atoms with Gasteiger partial charge in [0.25, 0.3) is 5.91 Å². The second kappa shape index (κ2) is 7.17. The van der Waals surface area contributed by atoms with E-state index >= 15 is 0 Å². The molecule has 0 bridgehead atoms. The topological polar surface area (TPSA) is 38.3 Å². The third-order valence-corrected chi connectivity index (χ3v) is 2.48. The number of carbonyl (C=O) groups excluding carboxylic acids is 1. The van der Waals surface area contributed by atoms with E-state index < -0.39 is 0 Å². The minimum atomic E-state index is -0.0967. The fraction of sp³-hybridized carbons (Fsp3) is 0.462. The van der Waals surface area contributed by atoms with E-state index in [9.17, 15) is 4.79 Å². The Morgan fingerprint density at radius 2 is 2.00 bits per heavy atom. The summed E-state index contributed by atoms with van der Waals surface area (Å²) in [5, 5.41) is 3.46. The van der Waals surface area contributed by atoms with Crippen LogP contribution in [0.3, 0.4) is 0 Å². The molecule has 0 unspecified atom stereocenters. The van der Waals surface area contributed by atoms with Gasteiger partial charge in [0.1, 0.15) is 5.75 Å². The highest BCUT2D eigenvalue weighted by molar-refractivity contribution is 6.30. The van der Waals surface area contributed by atoms with Crippen LogP contribution in [-0.4, -0.2) is 19.1 Å². The number of hydrogen-bond acceptors (Lipinski definition) is 2. The molecule has 0 fully saturated rings.